The predicted octanol–water partition coefficient (Wildman–Crippen LogP) is 3.95. The first-order valence-electron chi connectivity index (χ1n) is 9.75. The average molecular weight is 398 g/mol. The minimum Gasteiger partial charge on any atom is -0.348 e. The summed E-state index contributed by atoms with van der Waals surface area (Å²) < 4.78 is 1.90. The van der Waals surface area contributed by atoms with Crippen molar-refractivity contribution in [3.05, 3.63) is 102 Å². The summed E-state index contributed by atoms with van der Waals surface area (Å²) in [6, 6.07) is 13.0. The first kappa shape index (κ1) is 19.4. The third kappa shape index (κ3) is 3.93. The van der Waals surface area contributed by atoms with E-state index in [-0.39, 0.29) is 23.1 Å². The molecule has 1 fully saturated rings. The molecule has 2 N–H and O–H groups in total. The van der Waals surface area contributed by atoms with Crippen molar-refractivity contribution in [1.82, 2.24) is 14.9 Å². The smallest absolute Gasteiger partial charge is 0.270 e. The zero-order valence-electron chi connectivity index (χ0n) is 16.5. The lowest BCUT2D eigenvalue weighted by Crippen LogP contribution is -2.26. The van der Waals surface area contributed by atoms with E-state index < -0.39 is 0 Å². The molecule has 2 aromatic heterocycles. The fourth-order valence-corrected chi connectivity index (χ4v) is 3.21. The quantitative estimate of drug-likeness (QED) is 0.591. The summed E-state index contributed by atoms with van der Waals surface area (Å²) in [5.74, 6) is 0.314. The third-order valence-corrected chi connectivity index (χ3v) is 4.85. The maximum Gasteiger partial charge on any atom is 0.270 e. The highest BCUT2D eigenvalue weighted by Crippen LogP contribution is 2.24. The molecule has 0 bridgehead atoms. The molecule has 1 aliphatic rings. The highest BCUT2D eigenvalue weighted by atomic mass is 16.2. The van der Waals surface area contributed by atoms with Gasteiger partial charge in [-0.15, -0.1) is 0 Å². The molecular weight excluding hydrogens is 376 g/mol. The van der Waals surface area contributed by atoms with Gasteiger partial charge in [0, 0.05) is 29.7 Å². The normalized spacial score (nSPS) is 13.7. The average Bonchev–Trinajstić information content (AvgIpc) is 3.58. The Labute approximate surface area is 174 Å². The summed E-state index contributed by atoms with van der Waals surface area (Å²) in [6.07, 6.45) is 8.49. The number of nitrogens with zero attached hydrogens (tertiary/aromatic N) is 2. The van der Waals surface area contributed by atoms with E-state index in [4.69, 9.17) is 0 Å². The second kappa shape index (κ2) is 8.21. The van der Waals surface area contributed by atoms with Gasteiger partial charge in [0.05, 0.1) is 10.9 Å². The lowest BCUT2D eigenvalue weighted by molar-refractivity contribution is 0.0946. The van der Waals surface area contributed by atoms with Crippen molar-refractivity contribution >= 4 is 22.6 Å². The molecule has 3 aromatic rings. The molecule has 6 heteroatoms. The Morgan fingerprint density at radius 2 is 1.93 bits per heavy atom. The lowest BCUT2D eigenvalue weighted by atomic mass is 10.2. The van der Waals surface area contributed by atoms with Gasteiger partial charge in [0.2, 0.25) is 0 Å². The summed E-state index contributed by atoms with van der Waals surface area (Å²) in [5, 5.41) is 6.61. The number of hydrogen-bond acceptors (Lipinski definition) is 4. The minimum absolute atomic E-state index is 0.191. The fraction of sp³-hybridized carbons (Fsp3) is 0.125. The number of aromatic nitrogens is 2. The second-order valence-electron chi connectivity index (χ2n) is 7.09. The van der Waals surface area contributed by atoms with E-state index in [2.05, 4.69) is 28.8 Å². The number of amides is 1. The number of para-hydroxylation sites is 1. The zero-order valence-corrected chi connectivity index (χ0v) is 16.5. The number of pyridine rings is 2. The number of anilines is 1. The molecule has 1 aliphatic carbocycles. The number of carbonyl (C=O) groups is 1. The van der Waals surface area contributed by atoms with Crippen LogP contribution in [-0.2, 0) is 0 Å². The van der Waals surface area contributed by atoms with Crippen molar-refractivity contribution < 1.29 is 4.79 Å². The molecule has 1 aromatic carbocycles. The molecule has 0 spiro atoms. The van der Waals surface area contributed by atoms with Crippen molar-refractivity contribution in [3.63, 3.8) is 0 Å². The summed E-state index contributed by atoms with van der Waals surface area (Å²) in [7, 11) is 0. The Morgan fingerprint density at radius 3 is 2.60 bits per heavy atom. The first-order valence-corrected chi connectivity index (χ1v) is 9.75. The van der Waals surface area contributed by atoms with Gasteiger partial charge in [0.25, 0.3) is 5.91 Å². The van der Waals surface area contributed by atoms with Crippen LogP contribution in [0.4, 0.5) is 5.82 Å². The van der Waals surface area contributed by atoms with Gasteiger partial charge < -0.3 is 10.6 Å². The van der Waals surface area contributed by atoms with E-state index in [0.29, 0.717) is 22.4 Å². The van der Waals surface area contributed by atoms with Crippen LogP contribution in [0.3, 0.4) is 0 Å². The Morgan fingerprint density at radius 1 is 1.17 bits per heavy atom. The van der Waals surface area contributed by atoms with Crippen LogP contribution in [0.1, 0.15) is 23.3 Å². The summed E-state index contributed by atoms with van der Waals surface area (Å²) in [6.45, 7) is 7.52. The summed E-state index contributed by atoms with van der Waals surface area (Å²) >= 11 is 0. The Bertz CT molecular complexity index is 1220. The maximum absolute atomic E-state index is 12.8. The van der Waals surface area contributed by atoms with Gasteiger partial charge in [-0.05, 0) is 43.2 Å². The van der Waals surface area contributed by atoms with Crippen molar-refractivity contribution in [2.75, 3.05) is 5.32 Å². The van der Waals surface area contributed by atoms with E-state index in [1.807, 2.05) is 34.9 Å². The molecule has 0 unspecified atom stereocenters. The molecule has 1 amide bonds. The van der Waals surface area contributed by atoms with Gasteiger partial charge in [0.15, 0.2) is 5.43 Å². The number of nitrogens with one attached hydrogen (secondary N) is 2. The highest BCUT2D eigenvalue weighted by molar-refractivity contribution is 5.96. The first-order chi connectivity index (χ1) is 14.6. The summed E-state index contributed by atoms with van der Waals surface area (Å²) in [4.78, 5) is 29.6. The largest absolute Gasteiger partial charge is 0.348 e. The van der Waals surface area contributed by atoms with Crippen molar-refractivity contribution in [1.29, 1.82) is 0 Å². The van der Waals surface area contributed by atoms with E-state index in [1.54, 1.807) is 24.3 Å². The Kier molecular flexibility index (Phi) is 5.30. The van der Waals surface area contributed by atoms with Crippen LogP contribution in [0.5, 0.6) is 0 Å². The highest BCUT2D eigenvalue weighted by Gasteiger charge is 2.25. The summed E-state index contributed by atoms with van der Waals surface area (Å²) in [5.41, 5.74) is 2.21. The Hall–Kier alpha value is -3.93. The van der Waals surface area contributed by atoms with Crippen LogP contribution in [0.2, 0.25) is 0 Å². The molecular formula is C24H22N4O2. The number of fused-ring (bicyclic) bond motifs is 1. The monoisotopic (exact) mass is 398 g/mol. The van der Waals surface area contributed by atoms with Crippen molar-refractivity contribution in [3.8, 4) is 5.69 Å². The number of rotatable bonds is 7. The fourth-order valence-electron chi connectivity index (χ4n) is 3.21. The Balaban J connectivity index is 1.94. The second-order valence-corrected chi connectivity index (χ2v) is 7.09. The third-order valence-electron chi connectivity index (χ3n) is 4.85. The number of carbonyl (C=O) groups excluding carboxylic acids is 1. The van der Waals surface area contributed by atoms with Gasteiger partial charge in [-0.2, -0.15) is 0 Å². The minimum atomic E-state index is -0.233. The van der Waals surface area contributed by atoms with Crippen LogP contribution in [0, 0.1) is 0 Å². The van der Waals surface area contributed by atoms with Crippen LogP contribution >= 0.6 is 0 Å². The molecule has 0 atom stereocenters. The van der Waals surface area contributed by atoms with Crippen molar-refractivity contribution in [2.24, 2.45) is 0 Å². The standard InChI is InChI=1S/C24H22N4O2/c1-3-8-16(4-2)26-23-14-22(29)19-15-25-20(24(30)27-17-11-12-17)13-21(19)28(23)18-9-6-5-7-10-18/h3-10,13-15,17,26H,1-2,11-12H2,(H,27,30)/b16-8+. The van der Waals surface area contributed by atoms with E-state index in [9.17, 15) is 9.59 Å². The van der Waals surface area contributed by atoms with Gasteiger partial charge >= 0.3 is 0 Å². The number of hydrogen-bond donors (Lipinski definition) is 2. The van der Waals surface area contributed by atoms with Crippen LogP contribution in [-0.4, -0.2) is 21.5 Å². The maximum atomic E-state index is 12.8. The van der Waals surface area contributed by atoms with Gasteiger partial charge in [-0.25, -0.2) is 0 Å². The lowest BCUT2D eigenvalue weighted by Gasteiger charge is -2.19. The topological polar surface area (TPSA) is 76.0 Å². The molecule has 6 nitrogen and oxygen atoms in total. The van der Waals surface area contributed by atoms with Gasteiger partial charge in [0.1, 0.15) is 11.5 Å². The van der Waals surface area contributed by atoms with Crippen LogP contribution in [0.25, 0.3) is 16.6 Å². The van der Waals surface area contributed by atoms with Gasteiger partial charge in [-0.1, -0.05) is 37.4 Å². The van der Waals surface area contributed by atoms with Crippen molar-refractivity contribution in [2.45, 2.75) is 18.9 Å². The van der Waals surface area contributed by atoms with Gasteiger partial charge in [-0.3, -0.25) is 19.1 Å². The SMILES string of the molecule is C=C/C=C(\C=C)Nc1cc(=O)c2cnc(C(=O)NC3CC3)cc2n1-c1ccccc1. The van der Waals surface area contributed by atoms with E-state index >= 15 is 0 Å². The van der Waals surface area contributed by atoms with E-state index in [1.165, 1.54) is 12.3 Å². The number of benzene rings is 1. The predicted molar refractivity (Wildman–Crippen MR) is 120 cm³/mol. The number of allylic oxidation sites excluding steroid dienone is 3. The van der Waals surface area contributed by atoms with E-state index in [0.717, 1.165) is 18.5 Å². The molecule has 150 valence electrons. The molecule has 0 saturated heterocycles. The van der Waals surface area contributed by atoms with Crippen LogP contribution in [0.15, 0.2) is 90.5 Å². The zero-order chi connectivity index (χ0) is 21.1. The molecule has 2 heterocycles. The molecule has 0 radical (unpaired) electrons. The molecule has 1 saturated carbocycles. The van der Waals surface area contributed by atoms with Crippen LogP contribution < -0.4 is 16.1 Å². The molecule has 0 aliphatic heterocycles. The molecule has 30 heavy (non-hydrogen) atoms. The molecule has 4 rings (SSSR count).